The van der Waals surface area contributed by atoms with Crippen LogP contribution >= 0.6 is 0 Å². The van der Waals surface area contributed by atoms with Gasteiger partial charge in [0.15, 0.2) is 0 Å². The van der Waals surface area contributed by atoms with Gasteiger partial charge in [0.2, 0.25) is 6.29 Å². The molecule has 0 radical (unpaired) electrons. The SMILES string of the molecule is OCCc1ccc(O[C@@H]2O[C@H](CO)[C@H](O)[C@H](O)[C@H]2O)cc1. The summed E-state index contributed by atoms with van der Waals surface area (Å²) < 4.78 is 10.7. The van der Waals surface area contributed by atoms with Crippen molar-refractivity contribution in [3.63, 3.8) is 0 Å². The van der Waals surface area contributed by atoms with Gasteiger partial charge in [0.05, 0.1) is 6.61 Å². The van der Waals surface area contributed by atoms with E-state index in [2.05, 4.69) is 0 Å². The lowest BCUT2D eigenvalue weighted by molar-refractivity contribution is -0.277. The van der Waals surface area contributed by atoms with Gasteiger partial charge in [-0.25, -0.2) is 0 Å². The molecule has 21 heavy (non-hydrogen) atoms. The highest BCUT2D eigenvalue weighted by atomic mass is 16.7. The second kappa shape index (κ2) is 7.17. The molecule has 1 aliphatic heterocycles. The zero-order valence-electron chi connectivity index (χ0n) is 11.4. The maximum Gasteiger partial charge on any atom is 0.229 e. The van der Waals surface area contributed by atoms with Gasteiger partial charge in [-0.1, -0.05) is 12.1 Å². The van der Waals surface area contributed by atoms with E-state index < -0.39 is 37.3 Å². The summed E-state index contributed by atoms with van der Waals surface area (Å²) in [6.07, 6.45) is -5.96. The Morgan fingerprint density at radius 3 is 2.19 bits per heavy atom. The van der Waals surface area contributed by atoms with Gasteiger partial charge in [0.1, 0.15) is 30.2 Å². The molecule has 1 aromatic rings. The molecule has 0 aliphatic carbocycles. The first kappa shape index (κ1) is 16.2. The van der Waals surface area contributed by atoms with Crippen molar-refractivity contribution < 1.29 is 35.0 Å². The van der Waals surface area contributed by atoms with Crippen molar-refractivity contribution in [2.45, 2.75) is 37.1 Å². The highest BCUT2D eigenvalue weighted by Gasteiger charge is 2.44. The van der Waals surface area contributed by atoms with Crippen LogP contribution in [0.5, 0.6) is 5.75 Å². The summed E-state index contributed by atoms with van der Waals surface area (Å²) in [6.45, 7) is -0.451. The second-order valence-corrected chi connectivity index (χ2v) is 4.93. The van der Waals surface area contributed by atoms with Gasteiger partial charge in [0.25, 0.3) is 0 Å². The highest BCUT2D eigenvalue weighted by Crippen LogP contribution is 2.24. The Labute approximate surface area is 122 Å². The summed E-state index contributed by atoms with van der Waals surface area (Å²) >= 11 is 0. The van der Waals surface area contributed by atoms with Crippen LogP contribution in [-0.4, -0.2) is 69.5 Å². The number of hydrogen-bond donors (Lipinski definition) is 5. The van der Waals surface area contributed by atoms with Crippen LogP contribution in [0.25, 0.3) is 0 Å². The summed E-state index contributed by atoms with van der Waals surface area (Å²) in [5.74, 6) is 0.404. The van der Waals surface area contributed by atoms with Gasteiger partial charge in [-0.2, -0.15) is 0 Å². The summed E-state index contributed by atoms with van der Waals surface area (Å²) in [7, 11) is 0. The predicted molar refractivity (Wildman–Crippen MR) is 71.6 cm³/mol. The van der Waals surface area contributed by atoms with E-state index in [1.54, 1.807) is 24.3 Å². The van der Waals surface area contributed by atoms with E-state index in [0.717, 1.165) is 5.56 Å². The monoisotopic (exact) mass is 300 g/mol. The Hall–Kier alpha value is -1.22. The fraction of sp³-hybridized carbons (Fsp3) is 0.571. The van der Waals surface area contributed by atoms with E-state index in [4.69, 9.17) is 19.7 Å². The molecule has 1 heterocycles. The predicted octanol–water partition coefficient (Wildman–Crippen LogP) is -1.60. The third-order valence-corrected chi connectivity index (χ3v) is 3.42. The van der Waals surface area contributed by atoms with Crippen LogP contribution in [-0.2, 0) is 11.2 Å². The number of rotatable bonds is 5. The van der Waals surface area contributed by atoms with Gasteiger partial charge in [-0.3, -0.25) is 0 Å². The molecule has 7 heteroatoms. The van der Waals surface area contributed by atoms with Gasteiger partial charge >= 0.3 is 0 Å². The van der Waals surface area contributed by atoms with Gasteiger partial charge < -0.3 is 35.0 Å². The average molecular weight is 300 g/mol. The smallest absolute Gasteiger partial charge is 0.229 e. The van der Waals surface area contributed by atoms with E-state index in [0.29, 0.717) is 12.2 Å². The molecule has 5 N–H and O–H groups in total. The second-order valence-electron chi connectivity index (χ2n) is 4.93. The van der Waals surface area contributed by atoms with Crippen molar-refractivity contribution in [2.24, 2.45) is 0 Å². The van der Waals surface area contributed by atoms with Crippen molar-refractivity contribution in [3.8, 4) is 5.75 Å². The van der Waals surface area contributed by atoms with Crippen molar-refractivity contribution in [2.75, 3.05) is 13.2 Å². The minimum atomic E-state index is -1.46. The highest BCUT2D eigenvalue weighted by molar-refractivity contribution is 5.27. The minimum absolute atomic E-state index is 0.0485. The Bertz CT molecular complexity index is 433. The first-order chi connectivity index (χ1) is 10.1. The summed E-state index contributed by atoms with van der Waals surface area (Å²) in [5, 5.41) is 47.1. The molecule has 1 fully saturated rings. The lowest BCUT2D eigenvalue weighted by atomic mass is 9.99. The van der Waals surface area contributed by atoms with Gasteiger partial charge in [0, 0.05) is 6.61 Å². The first-order valence-electron chi connectivity index (χ1n) is 6.73. The van der Waals surface area contributed by atoms with Crippen molar-refractivity contribution in [1.29, 1.82) is 0 Å². The zero-order chi connectivity index (χ0) is 15.4. The van der Waals surface area contributed by atoms with Crippen LogP contribution in [0.2, 0.25) is 0 Å². The molecule has 118 valence electrons. The number of benzene rings is 1. The van der Waals surface area contributed by atoms with Crippen LogP contribution in [0.4, 0.5) is 0 Å². The lowest BCUT2D eigenvalue weighted by Gasteiger charge is -2.39. The molecule has 0 spiro atoms. The number of hydrogen-bond acceptors (Lipinski definition) is 7. The summed E-state index contributed by atoms with van der Waals surface area (Å²) in [5.41, 5.74) is 0.929. The van der Waals surface area contributed by atoms with Gasteiger partial charge in [-0.05, 0) is 24.1 Å². The minimum Gasteiger partial charge on any atom is -0.462 e. The molecule has 1 saturated heterocycles. The number of aliphatic hydroxyl groups excluding tert-OH is 5. The molecule has 1 aromatic carbocycles. The molecule has 7 nitrogen and oxygen atoms in total. The number of ether oxygens (including phenoxy) is 2. The van der Waals surface area contributed by atoms with Crippen molar-refractivity contribution in [1.82, 2.24) is 0 Å². The van der Waals surface area contributed by atoms with Crippen LogP contribution in [0.15, 0.2) is 24.3 Å². The van der Waals surface area contributed by atoms with E-state index in [1.165, 1.54) is 0 Å². The Morgan fingerprint density at radius 2 is 1.62 bits per heavy atom. The lowest BCUT2D eigenvalue weighted by Crippen LogP contribution is -2.60. The van der Waals surface area contributed by atoms with E-state index in [9.17, 15) is 15.3 Å². The maximum atomic E-state index is 9.85. The molecule has 1 aliphatic rings. The molecular formula is C14H20O7. The molecule has 0 aromatic heterocycles. The molecule has 5 atom stereocenters. The Morgan fingerprint density at radius 1 is 0.952 bits per heavy atom. The fourth-order valence-electron chi connectivity index (χ4n) is 2.16. The molecule has 0 saturated carbocycles. The van der Waals surface area contributed by atoms with Crippen LogP contribution in [0.3, 0.4) is 0 Å². The molecule has 0 amide bonds. The van der Waals surface area contributed by atoms with Crippen molar-refractivity contribution in [3.05, 3.63) is 29.8 Å². The zero-order valence-corrected chi connectivity index (χ0v) is 11.4. The fourth-order valence-corrected chi connectivity index (χ4v) is 2.16. The molecule has 0 bridgehead atoms. The van der Waals surface area contributed by atoms with Crippen LogP contribution in [0.1, 0.15) is 5.56 Å². The van der Waals surface area contributed by atoms with Gasteiger partial charge in [-0.15, -0.1) is 0 Å². The maximum absolute atomic E-state index is 9.85. The number of aliphatic hydroxyl groups is 5. The van der Waals surface area contributed by atoms with Crippen LogP contribution in [0, 0.1) is 0 Å². The largest absolute Gasteiger partial charge is 0.462 e. The summed E-state index contributed by atoms with van der Waals surface area (Å²) in [6, 6.07) is 6.81. The van der Waals surface area contributed by atoms with E-state index in [1.807, 2.05) is 0 Å². The molecule has 0 unspecified atom stereocenters. The van der Waals surface area contributed by atoms with Crippen LogP contribution < -0.4 is 4.74 Å². The quantitative estimate of drug-likeness (QED) is 0.444. The topological polar surface area (TPSA) is 120 Å². The molecular weight excluding hydrogens is 280 g/mol. The Kier molecular flexibility index (Phi) is 5.51. The third-order valence-electron chi connectivity index (χ3n) is 3.42. The molecule has 2 rings (SSSR count). The van der Waals surface area contributed by atoms with E-state index in [-0.39, 0.29) is 6.61 Å². The Balaban J connectivity index is 2.03. The normalized spacial score (nSPS) is 32.9. The van der Waals surface area contributed by atoms with Crippen molar-refractivity contribution >= 4 is 0 Å². The summed E-state index contributed by atoms with van der Waals surface area (Å²) in [4.78, 5) is 0. The third kappa shape index (κ3) is 3.70. The average Bonchev–Trinajstić information content (AvgIpc) is 2.50. The van der Waals surface area contributed by atoms with E-state index >= 15 is 0 Å². The first-order valence-corrected chi connectivity index (χ1v) is 6.73. The standard InChI is InChI=1S/C14H20O7/c15-6-5-8-1-3-9(4-2-8)20-14-13(19)12(18)11(17)10(7-16)21-14/h1-4,10-19H,5-7H2/t10-,11+,12+,13-,14-/m1/s1.